The topological polar surface area (TPSA) is 87.5 Å². The molecular formula is C23H24FN7O. The number of halogens is 1. The summed E-state index contributed by atoms with van der Waals surface area (Å²) in [6.45, 7) is 6.64. The molecule has 1 fully saturated rings. The first-order valence-corrected chi connectivity index (χ1v) is 10.7. The molecule has 0 radical (unpaired) electrons. The molecule has 0 saturated carbocycles. The lowest BCUT2D eigenvalue weighted by molar-refractivity contribution is 0.102. The Kier molecular flexibility index (Phi) is 5.18. The van der Waals surface area contributed by atoms with Gasteiger partial charge in [-0.25, -0.2) is 9.37 Å². The Labute approximate surface area is 184 Å². The zero-order valence-electron chi connectivity index (χ0n) is 18.0. The van der Waals surface area contributed by atoms with E-state index in [1.807, 2.05) is 12.1 Å². The van der Waals surface area contributed by atoms with Gasteiger partial charge in [0, 0.05) is 55.2 Å². The minimum absolute atomic E-state index is 0.225. The van der Waals surface area contributed by atoms with Crippen LogP contribution in [-0.2, 0) is 0 Å². The summed E-state index contributed by atoms with van der Waals surface area (Å²) in [5.74, 6) is -0.871. The number of hydrogen-bond donors (Lipinski definition) is 2. The van der Waals surface area contributed by atoms with Crippen LogP contribution in [0.2, 0.25) is 0 Å². The van der Waals surface area contributed by atoms with Gasteiger partial charge in [-0.1, -0.05) is 6.92 Å². The Morgan fingerprint density at radius 2 is 2.19 bits per heavy atom. The second-order valence-electron chi connectivity index (χ2n) is 8.08. The highest BCUT2D eigenvalue weighted by atomic mass is 19.1. The van der Waals surface area contributed by atoms with Crippen LogP contribution in [0.15, 0.2) is 42.9 Å². The molecule has 5 rings (SSSR count). The predicted molar refractivity (Wildman–Crippen MR) is 122 cm³/mol. The van der Waals surface area contributed by atoms with Crippen molar-refractivity contribution in [2.45, 2.75) is 26.3 Å². The highest BCUT2D eigenvalue weighted by Gasteiger charge is 2.22. The minimum Gasteiger partial charge on any atom is -0.368 e. The molecule has 8 nitrogen and oxygen atoms in total. The first kappa shape index (κ1) is 20.3. The third-order valence-electron chi connectivity index (χ3n) is 5.88. The van der Waals surface area contributed by atoms with Crippen molar-refractivity contribution in [1.29, 1.82) is 0 Å². The molecule has 1 aliphatic heterocycles. The number of nitrogens with one attached hydrogen (secondary N) is 2. The van der Waals surface area contributed by atoms with Crippen LogP contribution in [0.3, 0.4) is 0 Å². The fraction of sp³-hybridized carbons (Fsp3) is 0.304. The quantitative estimate of drug-likeness (QED) is 0.514. The molecule has 0 bridgehead atoms. The monoisotopic (exact) mass is 433 g/mol. The van der Waals surface area contributed by atoms with Crippen molar-refractivity contribution in [3.8, 4) is 0 Å². The van der Waals surface area contributed by atoms with Gasteiger partial charge in [0.1, 0.15) is 5.52 Å². The highest BCUT2D eigenvalue weighted by Crippen LogP contribution is 2.29. The van der Waals surface area contributed by atoms with Crippen LogP contribution in [0.4, 0.5) is 15.8 Å². The largest absolute Gasteiger partial charge is 0.368 e. The van der Waals surface area contributed by atoms with Crippen LogP contribution < -0.4 is 15.5 Å². The van der Waals surface area contributed by atoms with Crippen LogP contribution in [0.25, 0.3) is 16.6 Å². The Balaban J connectivity index is 1.49. The maximum Gasteiger partial charge on any atom is 0.257 e. The molecule has 1 saturated heterocycles. The summed E-state index contributed by atoms with van der Waals surface area (Å²) in [4.78, 5) is 19.6. The summed E-state index contributed by atoms with van der Waals surface area (Å²) < 4.78 is 16.0. The van der Waals surface area contributed by atoms with Crippen LogP contribution >= 0.6 is 0 Å². The van der Waals surface area contributed by atoms with Gasteiger partial charge in [0.15, 0.2) is 11.5 Å². The van der Waals surface area contributed by atoms with Gasteiger partial charge in [-0.05, 0) is 31.5 Å². The van der Waals surface area contributed by atoms with E-state index in [-0.39, 0.29) is 11.6 Å². The Morgan fingerprint density at radius 1 is 1.31 bits per heavy atom. The molecule has 1 atom stereocenters. The zero-order chi connectivity index (χ0) is 22.2. The summed E-state index contributed by atoms with van der Waals surface area (Å²) >= 11 is 0. The number of amides is 1. The number of hydrogen-bond acceptors (Lipinski definition) is 6. The summed E-state index contributed by atoms with van der Waals surface area (Å²) in [5, 5.41) is 15.5. The molecule has 2 N–H and O–H groups in total. The Morgan fingerprint density at radius 3 is 3.03 bits per heavy atom. The fourth-order valence-electron chi connectivity index (χ4n) is 4.29. The van der Waals surface area contributed by atoms with Gasteiger partial charge in [0.2, 0.25) is 0 Å². The molecule has 164 valence electrons. The van der Waals surface area contributed by atoms with Crippen molar-refractivity contribution in [2.24, 2.45) is 0 Å². The molecule has 1 amide bonds. The van der Waals surface area contributed by atoms with E-state index < -0.39 is 5.82 Å². The molecule has 3 aromatic heterocycles. The van der Waals surface area contributed by atoms with E-state index >= 15 is 0 Å². The number of piperazine rings is 1. The van der Waals surface area contributed by atoms with Gasteiger partial charge in [-0.15, -0.1) is 5.10 Å². The third kappa shape index (κ3) is 3.64. The number of rotatable bonds is 4. The van der Waals surface area contributed by atoms with Gasteiger partial charge >= 0.3 is 0 Å². The van der Waals surface area contributed by atoms with Crippen LogP contribution in [0, 0.1) is 12.7 Å². The van der Waals surface area contributed by atoms with Gasteiger partial charge in [0.05, 0.1) is 23.1 Å². The lowest BCUT2D eigenvalue weighted by Crippen LogP contribution is -2.50. The molecule has 4 heterocycles. The van der Waals surface area contributed by atoms with Crippen LogP contribution in [0.5, 0.6) is 0 Å². The minimum atomic E-state index is -0.500. The number of fused-ring (bicyclic) bond motifs is 2. The summed E-state index contributed by atoms with van der Waals surface area (Å²) in [6, 6.07) is 7.31. The highest BCUT2D eigenvalue weighted by molar-refractivity contribution is 6.13. The van der Waals surface area contributed by atoms with Crippen molar-refractivity contribution in [2.75, 3.05) is 29.9 Å². The van der Waals surface area contributed by atoms with E-state index in [1.165, 1.54) is 6.07 Å². The van der Waals surface area contributed by atoms with E-state index in [9.17, 15) is 9.18 Å². The van der Waals surface area contributed by atoms with E-state index in [1.54, 1.807) is 36.0 Å². The summed E-state index contributed by atoms with van der Waals surface area (Å²) in [5.41, 5.74) is 3.21. The normalized spacial score (nSPS) is 16.6. The molecular weight excluding hydrogens is 409 g/mol. The van der Waals surface area contributed by atoms with Crippen molar-refractivity contribution in [3.05, 3.63) is 59.9 Å². The molecule has 4 aromatic rings. The Bertz CT molecular complexity index is 1320. The number of carbonyl (C=O) groups is 1. The van der Waals surface area contributed by atoms with E-state index in [0.29, 0.717) is 28.5 Å². The van der Waals surface area contributed by atoms with Crippen molar-refractivity contribution in [1.82, 2.24) is 24.9 Å². The smallest absolute Gasteiger partial charge is 0.257 e. The standard InChI is InChI=1S/C23H24FN7O/c1-3-15-12-30(9-8-25-15)20-5-4-18(21-17(20)6-7-26-29-21)23(32)28-16-10-19(24)22-27-14(2)11-31(22)13-16/h4-7,10-11,13,15,25H,3,8-9,12H2,1-2H3,(H,28,32)/t15-/m1/s1. The molecule has 1 aromatic carbocycles. The molecule has 32 heavy (non-hydrogen) atoms. The maximum absolute atomic E-state index is 14.4. The predicted octanol–water partition coefficient (Wildman–Crippen LogP) is 3.17. The van der Waals surface area contributed by atoms with Crippen molar-refractivity contribution in [3.63, 3.8) is 0 Å². The molecule has 0 aliphatic carbocycles. The number of benzene rings is 1. The van der Waals surface area contributed by atoms with Crippen LogP contribution in [0.1, 0.15) is 29.4 Å². The average Bonchev–Trinajstić information content (AvgIpc) is 3.19. The number of aromatic nitrogens is 4. The number of imidazole rings is 1. The number of anilines is 2. The second-order valence-corrected chi connectivity index (χ2v) is 8.08. The van der Waals surface area contributed by atoms with E-state index in [4.69, 9.17) is 0 Å². The number of nitrogens with zero attached hydrogens (tertiary/aromatic N) is 5. The van der Waals surface area contributed by atoms with Gasteiger partial charge in [-0.2, -0.15) is 5.10 Å². The lowest BCUT2D eigenvalue weighted by atomic mass is 10.0. The van der Waals surface area contributed by atoms with Gasteiger partial charge in [-0.3, -0.25) is 4.79 Å². The zero-order valence-corrected chi connectivity index (χ0v) is 18.0. The first-order chi connectivity index (χ1) is 15.5. The Hall–Kier alpha value is -3.59. The number of carbonyl (C=O) groups excluding carboxylic acids is 1. The molecule has 0 unspecified atom stereocenters. The molecule has 1 aliphatic rings. The summed E-state index contributed by atoms with van der Waals surface area (Å²) in [7, 11) is 0. The first-order valence-electron chi connectivity index (χ1n) is 10.7. The van der Waals surface area contributed by atoms with Crippen LogP contribution in [-0.4, -0.2) is 51.2 Å². The lowest BCUT2D eigenvalue weighted by Gasteiger charge is -2.35. The second kappa shape index (κ2) is 8.16. The molecule has 9 heteroatoms. The van der Waals surface area contributed by atoms with E-state index in [2.05, 4.69) is 37.6 Å². The van der Waals surface area contributed by atoms with Gasteiger partial charge in [0.25, 0.3) is 5.91 Å². The third-order valence-corrected chi connectivity index (χ3v) is 5.88. The van der Waals surface area contributed by atoms with E-state index in [0.717, 1.165) is 37.1 Å². The van der Waals surface area contributed by atoms with Crippen molar-refractivity contribution >= 4 is 33.8 Å². The maximum atomic E-state index is 14.4. The number of aryl methyl sites for hydroxylation is 1. The number of pyridine rings is 1. The summed E-state index contributed by atoms with van der Waals surface area (Å²) in [6.07, 6.45) is 6.04. The fourth-order valence-corrected chi connectivity index (χ4v) is 4.29. The van der Waals surface area contributed by atoms with Crippen molar-refractivity contribution < 1.29 is 9.18 Å². The van der Waals surface area contributed by atoms with Gasteiger partial charge < -0.3 is 19.9 Å². The average molecular weight is 433 g/mol. The SMILES string of the molecule is CC[C@@H]1CN(c2ccc(C(=O)Nc3cc(F)c4nc(C)cn4c3)c3nnccc23)CCN1. The molecule has 0 spiro atoms.